The van der Waals surface area contributed by atoms with Crippen molar-refractivity contribution in [2.45, 2.75) is 52.4 Å². The summed E-state index contributed by atoms with van der Waals surface area (Å²) in [6, 6.07) is 9.36. The summed E-state index contributed by atoms with van der Waals surface area (Å²) in [5.74, 6) is -0.207. The molecule has 0 saturated heterocycles. The van der Waals surface area contributed by atoms with E-state index in [2.05, 4.69) is 0 Å². The lowest BCUT2D eigenvalue weighted by Crippen LogP contribution is -2.37. The number of Topliss-reactive ketones (excluding diaryl/α,β-unsaturated/α-hetero) is 2. The summed E-state index contributed by atoms with van der Waals surface area (Å²) in [6.45, 7) is 4.04. The van der Waals surface area contributed by atoms with E-state index in [-0.39, 0.29) is 22.4 Å². The topological polar surface area (TPSA) is 34.1 Å². The highest BCUT2D eigenvalue weighted by molar-refractivity contribution is 6.14. The quantitative estimate of drug-likeness (QED) is 0.594. The maximum atomic E-state index is 13.0. The first-order valence-electron chi connectivity index (χ1n) is 8.10. The molecule has 0 aliphatic heterocycles. The third-order valence-corrected chi connectivity index (χ3v) is 5.51. The highest BCUT2D eigenvalue weighted by atomic mass is 16.2. The molecular weight excluding hydrogens is 260 g/mol. The zero-order valence-electron chi connectivity index (χ0n) is 13.0. The van der Waals surface area contributed by atoms with Crippen LogP contribution in [0.15, 0.2) is 30.3 Å². The number of hydrogen-bond acceptors (Lipinski definition) is 2. The zero-order valence-corrected chi connectivity index (χ0v) is 13.0. The summed E-state index contributed by atoms with van der Waals surface area (Å²) < 4.78 is 0. The van der Waals surface area contributed by atoms with Crippen molar-refractivity contribution in [2.75, 3.05) is 0 Å². The molecule has 1 aromatic carbocycles. The minimum Gasteiger partial charge on any atom is -0.298 e. The Bertz CT molecular complexity index is 550. The molecular formula is C19H24O2. The summed E-state index contributed by atoms with van der Waals surface area (Å²) >= 11 is 0. The van der Waals surface area contributed by atoms with E-state index in [1.807, 2.05) is 44.2 Å². The standard InChI is InChI=1S/C19H24O2/c1-18(2)13-19(11-7-4-8-12-19)15(17(18)21)16(20)14-9-5-3-6-10-14/h3,5-6,9-10,15H,4,7-8,11-13H2,1-2H3. The van der Waals surface area contributed by atoms with Gasteiger partial charge in [-0.1, -0.05) is 63.4 Å². The Labute approximate surface area is 126 Å². The number of benzene rings is 1. The molecule has 2 fully saturated rings. The van der Waals surface area contributed by atoms with E-state index in [1.165, 1.54) is 6.42 Å². The van der Waals surface area contributed by atoms with Gasteiger partial charge in [-0.15, -0.1) is 0 Å². The van der Waals surface area contributed by atoms with Crippen LogP contribution in [0.2, 0.25) is 0 Å². The molecule has 1 spiro atoms. The molecule has 21 heavy (non-hydrogen) atoms. The fourth-order valence-corrected chi connectivity index (χ4v) is 4.63. The van der Waals surface area contributed by atoms with E-state index in [9.17, 15) is 9.59 Å². The molecule has 0 bridgehead atoms. The van der Waals surface area contributed by atoms with Gasteiger partial charge < -0.3 is 0 Å². The molecule has 1 aromatic rings. The minimum absolute atomic E-state index is 0.0491. The predicted molar refractivity (Wildman–Crippen MR) is 83.2 cm³/mol. The Kier molecular flexibility index (Phi) is 3.51. The van der Waals surface area contributed by atoms with E-state index in [0.717, 1.165) is 32.1 Å². The van der Waals surface area contributed by atoms with Gasteiger partial charge in [0.2, 0.25) is 0 Å². The second kappa shape index (κ2) is 5.08. The lowest BCUT2D eigenvalue weighted by molar-refractivity contribution is -0.127. The maximum Gasteiger partial charge on any atom is 0.173 e. The van der Waals surface area contributed by atoms with Gasteiger partial charge in [0.25, 0.3) is 0 Å². The summed E-state index contributed by atoms with van der Waals surface area (Å²) in [7, 11) is 0. The fourth-order valence-electron chi connectivity index (χ4n) is 4.63. The Morgan fingerprint density at radius 3 is 2.29 bits per heavy atom. The van der Waals surface area contributed by atoms with Gasteiger partial charge in [0.1, 0.15) is 5.78 Å². The van der Waals surface area contributed by atoms with Crippen LogP contribution in [-0.2, 0) is 4.79 Å². The Morgan fingerprint density at radius 1 is 1.05 bits per heavy atom. The van der Waals surface area contributed by atoms with Gasteiger partial charge in [-0.05, 0) is 24.7 Å². The van der Waals surface area contributed by atoms with Crippen molar-refractivity contribution < 1.29 is 9.59 Å². The van der Waals surface area contributed by atoms with Crippen molar-refractivity contribution in [3.8, 4) is 0 Å². The van der Waals surface area contributed by atoms with Gasteiger partial charge in [-0.2, -0.15) is 0 Å². The molecule has 2 aliphatic carbocycles. The molecule has 1 unspecified atom stereocenters. The first kappa shape index (κ1) is 14.5. The van der Waals surface area contributed by atoms with Crippen molar-refractivity contribution in [3.05, 3.63) is 35.9 Å². The molecule has 2 heteroatoms. The molecule has 1 atom stereocenters. The molecule has 0 N–H and O–H groups in total. The largest absolute Gasteiger partial charge is 0.298 e. The molecule has 0 amide bonds. The Hall–Kier alpha value is -1.44. The van der Waals surface area contributed by atoms with Crippen molar-refractivity contribution in [1.82, 2.24) is 0 Å². The third kappa shape index (κ3) is 2.35. The second-order valence-electron chi connectivity index (χ2n) is 7.51. The zero-order chi connectivity index (χ0) is 15.1. The van der Waals surface area contributed by atoms with E-state index in [4.69, 9.17) is 0 Å². The molecule has 112 valence electrons. The lowest BCUT2D eigenvalue weighted by Gasteiger charge is -2.37. The first-order valence-corrected chi connectivity index (χ1v) is 8.10. The van der Waals surface area contributed by atoms with E-state index >= 15 is 0 Å². The lowest BCUT2D eigenvalue weighted by atomic mass is 9.65. The van der Waals surface area contributed by atoms with Gasteiger partial charge in [0.15, 0.2) is 5.78 Å². The van der Waals surface area contributed by atoms with E-state index in [0.29, 0.717) is 5.56 Å². The van der Waals surface area contributed by atoms with Crippen molar-refractivity contribution in [1.29, 1.82) is 0 Å². The van der Waals surface area contributed by atoms with Crippen LogP contribution in [0.1, 0.15) is 62.7 Å². The average molecular weight is 284 g/mol. The molecule has 2 saturated carbocycles. The summed E-state index contributed by atoms with van der Waals surface area (Å²) in [4.78, 5) is 25.9. The van der Waals surface area contributed by atoms with Gasteiger partial charge in [-0.25, -0.2) is 0 Å². The molecule has 2 aliphatic rings. The molecule has 0 heterocycles. The summed E-state index contributed by atoms with van der Waals surface area (Å²) in [5, 5.41) is 0. The van der Waals surface area contributed by atoms with Crippen LogP contribution in [0.5, 0.6) is 0 Å². The molecule has 3 rings (SSSR count). The van der Waals surface area contributed by atoms with Crippen LogP contribution in [0.4, 0.5) is 0 Å². The third-order valence-electron chi connectivity index (χ3n) is 5.51. The molecule has 0 radical (unpaired) electrons. The van der Waals surface area contributed by atoms with Crippen molar-refractivity contribution in [2.24, 2.45) is 16.7 Å². The van der Waals surface area contributed by atoms with Gasteiger partial charge in [0, 0.05) is 11.0 Å². The van der Waals surface area contributed by atoms with Crippen molar-refractivity contribution >= 4 is 11.6 Å². The number of rotatable bonds is 2. The van der Waals surface area contributed by atoms with Crippen LogP contribution in [0.25, 0.3) is 0 Å². The van der Waals surface area contributed by atoms with Crippen molar-refractivity contribution in [3.63, 3.8) is 0 Å². The Balaban J connectivity index is 2.00. The number of hydrogen-bond donors (Lipinski definition) is 0. The normalized spacial score (nSPS) is 27.0. The second-order valence-corrected chi connectivity index (χ2v) is 7.51. The SMILES string of the molecule is CC1(C)CC2(CCCCC2)C(C(=O)c2ccccc2)C1=O. The highest BCUT2D eigenvalue weighted by Crippen LogP contribution is 2.58. The molecule has 0 aromatic heterocycles. The van der Waals surface area contributed by atoms with E-state index < -0.39 is 5.92 Å². The number of carbonyl (C=O) groups excluding carboxylic acids is 2. The van der Waals surface area contributed by atoms with Gasteiger partial charge >= 0.3 is 0 Å². The van der Waals surface area contributed by atoms with Crippen LogP contribution in [0.3, 0.4) is 0 Å². The van der Waals surface area contributed by atoms with Crippen LogP contribution in [0, 0.1) is 16.7 Å². The molecule has 2 nitrogen and oxygen atoms in total. The Morgan fingerprint density at radius 2 is 1.67 bits per heavy atom. The number of ketones is 2. The van der Waals surface area contributed by atoms with E-state index in [1.54, 1.807) is 0 Å². The predicted octanol–water partition coefficient (Wildman–Crippen LogP) is 4.44. The smallest absolute Gasteiger partial charge is 0.173 e. The average Bonchev–Trinajstić information content (AvgIpc) is 2.66. The van der Waals surface area contributed by atoms with Crippen LogP contribution >= 0.6 is 0 Å². The minimum atomic E-state index is -0.421. The number of carbonyl (C=O) groups is 2. The maximum absolute atomic E-state index is 13.0. The summed E-state index contributed by atoms with van der Waals surface area (Å²) in [6.07, 6.45) is 6.49. The highest BCUT2D eigenvalue weighted by Gasteiger charge is 2.59. The van der Waals surface area contributed by atoms with Gasteiger partial charge in [0.05, 0.1) is 5.92 Å². The first-order chi connectivity index (χ1) is 9.96. The van der Waals surface area contributed by atoms with Crippen LogP contribution in [-0.4, -0.2) is 11.6 Å². The van der Waals surface area contributed by atoms with Crippen LogP contribution < -0.4 is 0 Å². The fraction of sp³-hybridized carbons (Fsp3) is 0.579. The monoisotopic (exact) mass is 284 g/mol. The van der Waals surface area contributed by atoms with Gasteiger partial charge in [-0.3, -0.25) is 9.59 Å². The summed E-state index contributed by atoms with van der Waals surface area (Å²) in [5.41, 5.74) is 0.261.